The molecule has 3 aromatic rings. The first kappa shape index (κ1) is 33.3. The number of nitrogens with one attached hydrogen (secondary N) is 2. The third-order valence-corrected chi connectivity index (χ3v) is 8.13. The number of carbonyl (C=O) groups is 1. The molecule has 1 saturated heterocycles. The third kappa shape index (κ3) is 6.42. The summed E-state index contributed by atoms with van der Waals surface area (Å²) in [5, 5.41) is 13.6. The Hall–Kier alpha value is -3.63. The van der Waals surface area contributed by atoms with Gasteiger partial charge in [0, 0.05) is 5.39 Å². The van der Waals surface area contributed by atoms with Crippen LogP contribution in [0.15, 0.2) is 58.3 Å². The lowest BCUT2D eigenvalue weighted by atomic mass is 9.96. The number of aromatic amines is 1. The largest absolute Gasteiger partial charge is 0.462 e. The van der Waals surface area contributed by atoms with E-state index in [4.69, 9.17) is 18.5 Å². The molecule has 0 radical (unpaired) electrons. The van der Waals surface area contributed by atoms with Gasteiger partial charge >= 0.3 is 25.3 Å². The summed E-state index contributed by atoms with van der Waals surface area (Å²) in [7, 11) is -5.01. The minimum absolute atomic E-state index is 0.00698. The maximum Gasteiger partial charge on any atom is 0.459 e. The van der Waals surface area contributed by atoms with Crippen molar-refractivity contribution in [1.29, 1.82) is 0 Å². The van der Waals surface area contributed by atoms with Crippen LogP contribution in [0.1, 0.15) is 27.0 Å². The van der Waals surface area contributed by atoms with E-state index < -0.39 is 79.8 Å². The van der Waals surface area contributed by atoms with Gasteiger partial charge < -0.3 is 19.1 Å². The minimum atomic E-state index is -5.01. The third-order valence-electron chi connectivity index (χ3n) is 6.52. The van der Waals surface area contributed by atoms with E-state index in [2.05, 4.69) is 5.09 Å². The Morgan fingerprint density at radius 1 is 1.16 bits per heavy atom. The van der Waals surface area contributed by atoms with Gasteiger partial charge in [0.25, 0.3) is 12.0 Å². The van der Waals surface area contributed by atoms with Gasteiger partial charge in [-0.25, -0.2) is 18.1 Å². The number of fused-ring (bicyclic) bond motifs is 1. The number of aromatic nitrogens is 2. The molecule has 44 heavy (non-hydrogen) atoms. The summed E-state index contributed by atoms with van der Waals surface area (Å²) in [6.45, 7) is 2.46. The van der Waals surface area contributed by atoms with Crippen LogP contribution in [-0.4, -0.2) is 63.4 Å². The molecule has 1 aliphatic rings. The van der Waals surface area contributed by atoms with Crippen molar-refractivity contribution < 1.29 is 54.9 Å². The van der Waals surface area contributed by atoms with Crippen molar-refractivity contribution in [3.63, 3.8) is 0 Å². The van der Waals surface area contributed by atoms with E-state index in [9.17, 15) is 37.2 Å². The van der Waals surface area contributed by atoms with Gasteiger partial charge in [0.2, 0.25) is 12.0 Å². The molecule has 3 N–H and O–H groups in total. The van der Waals surface area contributed by atoms with Gasteiger partial charge in [0.05, 0.1) is 18.9 Å². The van der Waals surface area contributed by atoms with Crippen LogP contribution in [0, 0.1) is 5.82 Å². The van der Waals surface area contributed by atoms with E-state index in [1.165, 1.54) is 37.9 Å². The first-order valence-electron chi connectivity index (χ1n) is 12.9. The molecule has 0 saturated carbocycles. The van der Waals surface area contributed by atoms with Crippen molar-refractivity contribution in [3.05, 3.63) is 75.3 Å². The number of aliphatic hydroxyl groups excluding tert-OH is 1. The van der Waals surface area contributed by atoms with Crippen molar-refractivity contribution in [2.45, 2.75) is 63.2 Å². The Kier molecular flexibility index (Phi) is 9.38. The number of carbonyl (C=O) groups excluding carboxylic acids is 1. The Balaban J connectivity index is 1.72. The van der Waals surface area contributed by atoms with Crippen LogP contribution >= 0.6 is 7.75 Å². The zero-order valence-corrected chi connectivity index (χ0v) is 24.1. The fraction of sp³-hybridized carbons (Fsp3) is 0.423. The van der Waals surface area contributed by atoms with E-state index in [-0.39, 0.29) is 16.5 Å². The molecule has 0 bridgehead atoms. The summed E-state index contributed by atoms with van der Waals surface area (Å²) >= 11 is 0. The predicted molar refractivity (Wildman–Crippen MR) is 143 cm³/mol. The Labute approximate surface area is 245 Å². The van der Waals surface area contributed by atoms with Crippen LogP contribution in [0.3, 0.4) is 0 Å². The van der Waals surface area contributed by atoms with E-state index in [1.807, 2.05) is 0 Å². The van der Waals surface area contributed by atoms with Crippen molar-refractivity contribution in [3.8, 4) is 5.75 Å². The maximum atomic E-state index is 15.2. The van der Waals surface area contributed by atoms with Gasteiger partial charge in [-0.05, 0) is 32.2 Å². The summed E-state index contributed by atoms with van der Waals surface area (Å²) in [6, 6.07) is 9.55. The molecule has 1 unspecified atom stereocenters. The van der Waals surface area contributed by atoms with Crippen LogP contribution in [-0.2, 0) is 23.4 Å². The number of hydrogen-bond donors (Lipinski definition) is 3. The number of H-pyrrole nitrogens is 1. The highest BCUT2D eigenvalue weighted by Gasteiger charge is 2.71. The molecule has 240 valence electrons. The van der Waals surface area contributed by atoms with Crippen molar-refractivity contribution in [2.75, 3.05) is 6.61 Å². The Morgan fingerprint density at radius 2 is 1.82 bits per heavy atom. The monoisotopic (exact) mass is 651 g/mol. The molecular weight excluding hydrogens is 624 g/mol. The standard InChI is InChI=1S/C26H27F5N3O9P/c1-13(2)41-20(36)14(3)33-44(39,43-18-10-6-8-15-7-4-5-9-16(15)18)40-12-25(22(28)29)21(37)26(30,31)23(42-25)34-11-17(27)19(35)32-24(34)38/h4-11,13-14,21-23,37H,12H2,1-3H3,(H,33,39)(H,32,35,38)/t14-,21+,23+,25+,44?/m0/s1. The fourth-order valence-electron chi connectivity index (χ4n) is 4.34. The quantitative estimate of drug-likeness (QED) is 0.159. The zero-order chi connectivity index (χ0) is 32.6. The highest BCUT2D eigenvalue weighted by Crippen LogP contribution is 2.53. The lowest BCUT2D eigenvalue weighted by molar-refractivity contribution is -0.193. The number of aliphatic hydroxyl groups is 1. The summed E-state index contributed by atoms with van der Waals surface area (Å²) in [4.78, 5) is 37.4. The SMILES string of the molecule is CC(C)OC(=O)[C@H](C)NP(=O)(OC[C@@]1(C(F)F)O[C@@H](n2cc(F)c(=O)[nH]c2=O)C(F)(F)[C@@H]1O)Oc1cccc2ccccc12. The molecule has 4 rings (SSSR count). The number of alkyl halides is 4. The smallest absolute Gasteiger partial charge is 0.459 e. The van der Waals surface area contributed by atoms with Crippen molar-refractivity contribution in [2.24, 2.45) is 0 Å². The van der Waals surface area contributed by atoms with Crippen LogP contribution in [0.4, 0.5) is 22.0 Å². The molecule has 5 atom stereocenters. The van der Waals surface area contributed by atoms with Gasteiger partial charge in [0.1, 0.15) is 11.8 Å². The number of rotatable bonds is 11. The minimum Gasteiger partial charge on any atom is -0.462 e. The van der Waals surface area contributed by atoms with Crippen LogP contribution in [0.25, 0.3) is 10.8 Å². The zero-order valence-electron chi connectivity index (χ0n) is 23.2. The van der Waals surface area contributed by atoms with Gasteiger partial charge in [-0.3, -0.25) is 23.7 Å². The van der Waals surface area contributed by atoms with Gasteiger partial charge in [0.15, 0.2) is 11.7 Å². The van der Waals surface area contributed by atoms with E-state index in [0.29, 0.717) is 10.8 Å². The molecule has 18 heteroatoms. The van der Waals surface area contributed by atoms with Crippen LogP contribution < -0.4 is 20.9 Å². The normalized spacial score (nSPS) is 23.5. The second kappa shape index (κ2) is 12.4. The maximum absolute atomic E-state index is 15.2. The summed E-state index contributed by atoms with van der Waals surface area (Å²) < 4.78 is 108. The summed E-state index contributed by atoms with van der Waals surface area (Å²) in [6.07, 6.45) is -11.1. The lowest BCUT2D eigenvalue weighted by Gasteiger charge is -2.32. The van der Waals surface area contributed by atoms with Gasteiger partial charge in [-0.15, -0.1) is 0 Å². The first-order chi connectivity index (χ1) is 20.5. The van der Waals surface area contributed by atoms with E-state index >= 15 is 8.78 Å². The molecule has 1 aliphatic heterocycles. The average Bonchev–Trinajstić information content (AvgIpc) is 3.15. The molecule has 0 spiro atoms. The van der Waals surface area contributed by atoms with Crippen LogP contribution in [0.5, 0.6) is 5.75 Å². The Morgan fingerprint density at radius 3 is 2.48 bits per heavy atom. The summed E-state index contributed by atoms with van der Waals surface area (Å²) in [5.74, 6) is -7.53. The summed E-state index contributed by atoms with van der Waals surface area (Å²) in [5.41, 5.74) is -6.94. The van der Waals surface area contributed by atoms with Crippen molar-refractivity contribution in [1.82, 2.24) is 14.6 Å². The first-order valence-corrected chi connectivity index (χ1v) is 14.5. The number of ether oxygens (including phenoxy) is 2. The molecule has 1 aromatic heterocycles. The Bertz CT molecular complexity index is 1700. The second-order valence-electron chi connectivity index (χ2n) is 10.1. The van der Waals surface area contributed by atoms with Crippen molar-refractivity contribution >= 4 is 24.5 Å². The molecule has 2 aromatic carbocycles. The fourth-order valence-corrected chi connectivity index (χ4v) is 5.89. The molecule has 1 fully saturated rings. The molecule has 0 aliphatic carbocycles. The predicted octanol–water partition coefficient (Wildman–Crippen LogP) is 3.49. The van der Waals surface area contributed by atoms with Crippen LogP contribution in [0.2, 0.25) is 0 Å². The number of benzene rings is 2. The van der Waals surface area contributed by atoms with Gasteiger partial charge in [-0.1, -0.05) is 36.4 Å². The lowest BCUT2D eigenvalue weighted by Crippen LogP contribution is -2.54. The molecular formula is C26H27F5N3O9P. The highest BCUT2D eigenvalue weighted by atomic mass is 31.2. The number of nitrogens with zero attached hydrogens (tertiary/aromatic N) is 1. The average molecular weight is 651 g/mol. The second-order valence-corrected chi connectivity index (χ2v) is 11.8. The number of halogens is 5. The highest BCUT2D eigenvalue weighted by molar-refractivity contribution is 7.52. The van der Waals surface area contributed by atoms with E-state index in [0.717, 1.165) is 0 Å². The topological polar surface area (TPSA) is 158 Å². The molecule has 2 heterocycles. The van der Waals surface area contributed by atoms with E-state index in [1.54, 1.807) is 30.3 Å². The van der Waals surface area contributed by atoms with Gasteiger partial charge in [-0.2, -0.15) is 18.3 Å². The number of esters is 1. The molecule has 0 amide bonds. The number of hydrogen-bond acceptors (Lipinski definition) is 9. The molecule has 12 nitrogen and oxygen atoms in total.